The molecule has 2 heterocycles. The van der Waals surface area contributed by atoms with Gasteiger partial charge >= 0.3 is 0 Å². The minimum Gasteiger partial charge on any atom is -0.487 e. The number of rotatable bonds is 5. The molecule has 0 bridgehead atoms. The topological polar surface area (TPSA) is 76.0 Å². The van der Waals surface area contributed by atoms with Gasteiger partial charge in [0.1, 0.15) is 23.2 Å². The van der Waals surface area contributed by atoms with Crippen LogP contribution in [0.1, 0.15) is 80.8 Å². The summed E-state index contributed by atoms with van der Waals surface area (Å²) in [5.74, 6) is 1.37. The average Bonchev–Trinajstić information content (AvgIpc) is 3.02. The number of carbonyl (C=O) groups is 1. The number of allylic oxidation sites excluding steroid dienone is 2. The molecule has 0 saturated heterocycles. The molecule has 3 aliphatic rings. The second kappa shape index (κ2) is 6.60. The van der Waals surface area contributed by atoms with Gasteiger partial charge in [-0.3, -0.25) is 4.79 Å². The summed E-state index contributed by atoms with van der Waals surface area (Å²) in [7, 11) is 0. The van der Waals surface area contributed by atoms with E-state index in [9.17, 15) is 15.0 Å². The smallest absolute Gasteiger partial charge is 0.154 e. The van der Waals surface area contributed by atoms with E-state index in [1.54, 1.807) is 6.07 Å². The number of ether oxygens (including phenoxy) is 2. The number of aldehydes is 1. The van der Waals surface area contributed by atoms with Crippen molar-refractivity contribution in [3.63, 3.8) is 0 Å². The summed E-state index contributed by atoms with van der Waals surface area (Å²) >= 11 is 0. The first kappa shape index (κ1) is 19.5. The summed E-state index contributed by atoms with van der Waals surface area (Å²) in [5.41, 5.74) is 1.71. The van der Waals surface area contributed by atoms with Crippen LogP contribution in [-0.2, 0) is 6.61 Å². The van der Waals surface area contributed by atoms with E-state index in [-0.39, 0.29) is 18.4 Å². The Balaban J connectivity index is 1.85. The van der Waals surface area contributed by atoms with E-state index in [0.29, 0.717) is 29.0 Å². The first-order valence-corrected chi connectivity index (χ1v) is 10.2. The molecule has 1 aromatic carbocycles. The van der Waals surface area contributed by atoms with Crippen LogP contribution < -0.4 is 9.47 Å². The fourth-order valence-electron chi connectivity index (χ4n) is 5.45. The van der Waals surface area contributed by atoms with Crippen LogP contribution in [-0.4, -0.2) is 33.8 Å². The minimum absolute atomic E-state index is 0.00866. The lowest BCUT2D eigenvalue weighted by Gasteiger charge is -2.51. The molecule has 1 aromatic rings. The van der Waals surface area contributed by atoms with E-state index in [1.165, 1.54) is 5.57 Å². The van der Waals surface area contributed by atoms with Crippen molar-refractivity contribution in [3.05, 3.63) is 34.4 Å². The molecule has 152 valence electrons. The van der Waals surface area contributed by atoms with Crippen LogP contribution in [0.15, 0.2) is 17.7 Å². The van der Waals surface area contributed by atoms with Gasteiger partial charge in [-0.15, -0.1) is 0 Å². The molecule has 2 N–H and O–H groups in total. The number of hydrogen-bond acceptors (Lipinski definition) is 5. The molecular formula is C23H30O5. The number of aliphatic hydroxyl groups excluding tert-OH is 1. The van der Waals surface area contributed by atoms with Crippen LogP contribution >= 0.6 is 0 Å². The first-order chi connectivity index (χ1) is 13.2. The molecule has 1 fully saturated rings. The predicted molar refractivity (Wildman–Crippen MR) is 106 cm³/mol. The van der Waals surface area contributed by atoms with Gasteiger partial charge in [-0.25, -0.2) is 0 Å². The maximum Gasteiger partial charge on any atom is 0.154 e. The van der Waals surface area contributed by atoms with Crippen molar-refractivity contribution in [1.29, 1.82) is 0 Å². The third kappa shape index (κ3) is 2.79. The van der Waals surface area contributed by atoms with Crippen molar-refractivity contribution in [2.45, 2.75) is 83.2 Å². The van der Waals surface area contributed by atoms with Gasteiger partial charge in [-0.05, 0) is 65.0 Å². The monoisotopic (exact) mass is 386 g/mol. The zero-order valence-electron chi connectivity index (χ0n) is 17.1. The summed E-state index contributed by atoms with van der Waals surface area (Å²) in [5, 5.41) is 20.8. The minimum atomic E-state index is -0.963. The fourth-order valence-corrected chi connectivity index (χ4v) is 5.45. The summed E-state index contributed by atoms with van der Waals surface area (Å²) in [4.78, 5) is 11.8. The van der Waals surface area contributed by atoms with Gasteiger partial charge in [0.05, 0.1) is 17.8 Å². The summed E-state index contributed by atoms with van der Waals surface area (Å²) in [6.45, 7) is 7.91. The molecule has 2 aliphatic heterocycles. The van der Waals surface area contributed by atoms with E-state index in [0.717, 1.165) is 31.1 Å². The highest BCUT2D eigenvalue weighted by atomic mass is 16.5. The van der Waals surface area contributed by atoms with Gasteiger partial charge in [-0.2, -0.15) is 0 Å². The number of aliphatic hydroxyl groups is 2. The van der Waals surface area contributed by atoms with Gasteiger partial charge < -0.3 is 19.7 Å². The lowest BCUT2D eigenvalue weighted by molar-refractivity contribution is -0.125. The molecule has 0 aromatic heterocycles. The zero-order valence-corrected chi connectivity index (χ0v) is 17.1. The average molecular weight is 386 g/mol. The van der Waals surface area contributed by atoms with Gasteiger partial charge in [0.25, 0.3) is 0 Å². The molecule has 4 rings (SSSR count). The molecule has 5 heteroatoms. The Morgan fingerprint density at radius 3 is 2.75 bits per heavy atom. The van der Waals surface area contributed by atoms with Crippen LogP contribution in [0, 0.1) is 5.92 Å². The van der Waals surface area contributed by atoms with Gasteiger partial charge in [0.15, 0.2) is 6.29 Å². The lowest BCUT2D eigenvalue weighted by atomic mass is 9.61. The van der Waals surface area contributed by atoms with Crippen molar-refractivity contribution < 1.29 is 24.5 Å². The Bertz CT molecular complexity index is 836. The normalized spacial score (nSPS) is 34.9. The highest BCUT2D eigenvalue weighted by molar-refractivity contribution is 5.85. The third-order valence-electron chi connectivity index (χ3n) is 6.93. The SMILES string of the molecule is CC(C)=CCC[C@@]1(C)Oc2cc(CO)c(C=O)c3c2[C@H]2[C@@H]1CC[C@@](C)(O)[C@H]2O3. The molecule has 1 aliphatic carbocycles. The van der Waals surface area contributed by atoms with Crippen LogP contribution in [0.4, 0.5) is 0 Å². The van der Waals surface area contributed by atoms with Gasteiger partial charge in [0.2, 0.25) is 0 Å². The Morgan fingerprint density at radius 1 is 1.36 bits per heavy atom. The van der Waals surface area contributed by atoms with E-state index >= 15 is 0 Å². The lowest BCUT2D eigenvalue weighted by Crippen LogP contribution is -2.57. The maximum atomic E-state index is 11.8. The molecule has 5 nitrogen and oxygen atoms in total. The van der Waals surface area contributed by atoms with Crippen molar-refractivity contribution in [1.82, 2.24) is 0 Å². The molecule has 28 heavy (non-hydrogen) atoms. The second-order valence-electron chi connectivity index (χ2n) is 9.27. The molecule has 1 saturated carbocycles. The Hall–Kier alpha value is -1.85. The van der Waals surface area contributed by atoms with E-state index in [2.05, 4.69) is 26.8 Å². The number of hydrogen-bond donors (Lipinski definition) is 2. The highest BCUT2D eigenvalue weighted by Crippen LogP contribution is 2.62. The molecule has 0 amide bonds. The summed E-state index contributed by atoms with van der Waals surface area (Å²) in [6.07, 6.45) is 5.83. The predicted octanol–water partition coefficient (Wildman–Crippen LogP) is 3.89. The fraction of sp³-hybridized carbons (Fsp3) is 0.609. The van der Waals surface area contributed by atoms with Crippen LogP contribution in [0.2, 0.25) is 0 Å². The third-order valence-corrected chi connectivity index (χ3v) is 6.93. The summed E-state index contributed by atoms with van der Waals surface area (Å²) < 4.78 is 12.8. The Morgan fingerprint density at radius 2 is 2.11 bits per heavy atom. The Labute approximate surface area is 166 Å². The van der Waals surface area contributed by atoms with Crippen LogP contribution in [0.3, 0.4) is 0 Å². The molecule has 0 unspecified atom stereocenters. The Kier molecular flexibility index (Phi) is 4.59. The van der Waals surface area contributed by atoms with Crippen molar-refractivity contribution in [2.24, 2.45) is 5.92 Å². The molecule has 0 radical (unpaired) electrons. The molecular weight excluding hydrogens is 356 g/mol. The number of benzene rings is 1. The van der Waals surface area contributed by atoms with Crippen molar-refractivity contribution in [3.8, 4) is 11.5 Å². The van der Waals surface area contributed by atoms with E-state index < -0.39 is 17.3 Å². The number of carbonyl (C=O) groups excluding carboxylic acids is 1. The first-order valence-electron chi connectivity index (χ1n) is 10.2. The van der Waals surface area contributed by atoms with Gasteiger partial charge in [-0.1, -0.05) is 11.6 Å². The van der Waals surface area contributed by atoms with Crippen LogP contribution in [0.25, 0.3) is 0 Å². The van der Waals surface area contributed by atoms with E-state index in [1.807, 2.05) is 6.92 Å². The quantitative estimate of drug-likeness (QED) is 0.593. The van der Waals surface area contributed by atoms with Crippen molar-refractivity contribution >= 4 is 6.29 Å². The van der Waals surface area contributed by atoms with E-state index in [4.69, 9.17) is 9.47 Å². The van der Waals surface area contributed by atoms with Crippen LogP contribution in [0.5, 0.6) is 11.5 Å². The zero-order chi connectivity index (χ0) is 20.3. The molecule has 0 spiro atoms. The van der Waals surface area contributed by atoms with Crippen molar-refractivity contribution in [2.75, 3.05) is 0 Å². The standard InChI is InChI=1S/C23H30O5/c1-13(2)6-5-8-23(4)16-7-9-22(3,26)21-18(16)19-17(28-23)10-14(11-24)15(12-25)20(19)27-21/h6,10,12,16,18,21,24,26H,5,7-9,11H2,1-4H3/t16-,18+,21-,22+,23+/m0/s1. The second-order valence-corrected chi connectivity index (χ2v) is 9.27. The van der Waals surface area contributed by atoms with Gasteiger partial charge in [0, 0.05) is 17.4 Å². The maximum absolute atomic E-state index is 11.8. The largest absolute Gasteiger partial charge is 0.487 e. The highest BCUT2D eigenvalue weighted by Gasteiger charge is 2.61. The summed E-state index contributed by atoms with van der Waals surface area (Å²) in [6, 6.07) is 1.78. The molecule has 5 atom stereocenters.